The molecule has 19 heteroatoms. The molecule has 1 unspecified atom stereocenters. The molecule has 4 aliphatic rings. The lowest BCUT2D eigenvalue weighted by Gasteiger charge is -2.35. The SMILES string of the molecule is CC(=O)c1c(C)c2cnc(Nc3ccc(N4CCN(CCOCCOCCC(=O)Nc5cccc6c5C(=O)N(C5CCC(=O)NC5=O)C6=O)CC4)cn3)nc2n(C2CCCC2)c1=O. The summed E-state index contributed by atoms with van der Waals surface area (Å²) in [6.07, 6.45) is 7.34. The van der Waals surface area contributed by atoms with Crippen molar-refractivity contribution >= 4 is 69.5 Å². The Kier molecular flexibility index (Phi) is 13.0. The van der Waals surface area contributed by atoms with E-state index >= 15 is 0 Å². The summed E-state index contributed by atoms with van der Waals surface area (Å²) in [5.41, 5.74) is 2.30. The summed E-state index contributed by atoms with van der Waals surface area (Å²) < 4.78 is 13.1. The highest BCUT2D eigenvalue weighted by Gasteiger charge is 2.45. The van der Waals surface area contributed by atoms with E-state index in [0.717, 1.165) is 69.0 Å². The average molecular weight is 863 g/mol. The van der Waals surface area contributed by atoms with Crippen LogP contribution in [-0.2, 0) is 23.9 Å². The Bertz CT molecular complexity index is 2510. The molecule has 2 saturated heterocycles. The van der Waals surface area contributed by atoms with Gasteiger partial charge in [0.05, 0.1) is 67.1 Å². The van der Waals surface area contributed by atoms with Crippen LogP contribution >= 0.6 is 0 Å². The normalized spacial score (nSPS) is 18.3. The van der Waals surface area contributed by atoms with Crippen LogP contribution in [0, 0.1) is 6.92 Å². The number of amides is 5. The lowest BCUT2D eigenvalue weighted by atomic mass is 10.0. The molecule has 0 radical (unpaired) electrons. The zero-order valence-electron chi connectivity index (χ0n) is 35.3. The Labute approximate surface area is 362 Å². The molecule has 330 valence electrons. The number of imide groups is 2. The topological polar surface area (TPSA) is 227 Å². The fourth-order valence-electron chi connectivity index (χ4n) is 8.81. The monoisotopic (exact) mass is 862 g/mol. The Hall–Kier alpha value is -6.44. The molecule has 3 fully saturated rings. The second-order valence-electron chi connectivity index (χ2n) is 16.2. The maximum atomic E-state index is 13.6. The third-order valence-electron chi connectivity index (χ3n) is 12.1. The van der Waals surface area contributed by atoms with E-state index in [-0.39, 0.29) is 65.6 Å². The zero-order valence-corrected chi connectivity index (χ0v) is 35.3. The van der Waals surface area contributed by atoms with E-state index in [0.29, 0.717) is 48.2 Å². The number of piperazine rings is 1. The number of nitrogens with one attached hydrogen (secondary N) is 3. The number of ketones is 1. The number of fused-ring (bicyclic) bond motifs is 2. The third-order valence-corrected chi connectivity index (χ3v) is 12.1. The standard InChI is InChI=1S/C44H50N10O9/c1-26-31-25-46-44(50-39(31)53(28-6-3-4-7-28)42(60)37(26)27(2)55)48-34-12-10-29(24-45-34)52-17-15-51(16-18-52)19-21-63-23-22-62-20-14-36(57)47-32-9-5-8-30-38(32)43(61)54(41(30)59)33-11-13-35(56)49-40(33)58/h5,8-10,12,24-25,28,33H,3-4,6-7,11,13-23H2,1-2H3,(H,47,57)(H,49,56,58)(H,45,46,48,50). The van der Waals surface area contributed by atoms with Crippen molar-refractivity contribution in [3.05, 3.63) is 75.3 Å². The van der Waals surface area contributed by atoms with E-state index in [1.165, 1.54) is 19.1 Å². The zero-order chi connectivity index (χ0) is 44.2. The number of hydrogen-bond acceptors (Lipinski definition) is 15. The largest absolute Gasteiger partial charge is 0.379 e. The van der Waals surface area contributed by atoms with E-state index in [1.54, 1.807) is 23.8 Å². The van der Waals surface area contributed by atoms with Crippen LogP contribution < -0.4 is 26.4 Å². The number of nitrogens with zero attached hydrogens (tertiary/aromatic N) is 7. The highest BCUT2D eigenvalue weighted by molar-refractivity contribution is 6.26. The van der Waals surface area contributed by atoms with E-state index in [2.05, 4.69) is 35.7 Å². The van der Waals surface area contributed by atoms with Gasteiger partial charge >= 0.3 is 0 Å². The van der Waals surface area contributed by atoms with Crippen LogP contribution in [0.2, 0.25) is 0 Å². The summed E-state index contributed by atoms with van der Waals surface area (Å²) in [4.78, 5) is 108. The van der Waals surface area contributed by atoms with Gasteiger partial charge in [0.25, 0.3) is 17.4 Å². The van der Waals surface area contributed by atoms with Crippen LogP contribution in [0.15, 0.2) is 47.5 Å². The molecule has 5 amide bonds. The summed E-state index contributed by atoms with van der Waals surface area (Å²) >= 11 is 0. The third kappa shape index (κ3) is 9.21. The Balaban J connectivity index is 0.732. The van der Waals surface area contributed by atoms with Gasteiger partial charge in [0.1, 0.15) is 17.5 Å². The van der Waals surface area contributed by atoms with Gasteiger partial charge in [0.2, 0.25) is 23.7 Å². The molecule has 6 heterocycles. The van der Waals surface area contributed by atoms with Crippen LogP contribution in [0.5, 0.6) is 0 Å². The molecule has 1 saturated carbocycles. The first-order valence-corrected chi connectivity index (χ1v) is 21.4. The number of aryl methyl sites for hydroxylation is 1. The minimum absolute atomic E-state index is 0.00565. The molecule has 19 nitrogen and oxygen atoms in total. The van der Waals surface area contributed by atoms with Gasteiger partial charge in [-0.05, 0) is 62.9 Å². The first-order chi connectivity index (χ1) is 30.5. The smallest absolute Gasteiger partial charge is 0.264 e. The number of Topliss-reactive ketones (excluding diaryl/α,β-unsaturated/α-hetero) is 1. The van der Waals surface area contributed by atoms with Crippen molar-refractivity contribution in [1.82, 2.24) is 34.6 Å². The molecule has 3 aliphatic heterocycles. The van der Waals surface area contributed by atoms with Crippen LogP contribution in [0.25, 0.3) is 11.0 Å². The molecule has 4 aromatic rings. The van der Waals surface area contributed by atoms with Gasteiger partial charge in [-0.25, -0.2) is 9.97 Å². The summed E-state index contributed by atoms with van der Waals surface area (Å²) in [6, 6.07) is 7.32. The summed E-state index contributed by atoms with van der Waals surface area (Å²) in [5.74, 6) is -2.27. The van der Waals surface area contributed by atoms with Crippen molar-refractivity contribution in [1.29, 1.82) is 0 Å². The number of anilines is 4. The van der Waals surface area contributed by atoms with Gasteiger partial charge in [-0.3, -0.25) is 53.2 Å². The number of piperidine rings is 1. The predicted molar refractivity (Wildman–Crippen MR) is 230 cm³/mol. The van der Waals surface area contributed by atoms with Gasteiger partial charge in [-0.15, -0.1) is 0 Å². The van der Waals surface area contributed by atoms with E-state index in [9.17, 15) is 33.6 Å². The van der Waals surface area contributed by atoms with Gasteiger partial charge in [-0.2, -0.15) is 4.98 Å². The molecular weight excluding hydrogens is 813 g/mol. The maximum absolute atomic E-state index is 13.6. The second-order valence-corrected chi connectivity index (χ2v) is 16.2. The molecular formula is C44H50N10O9. The fraction of sp³-hybridized carbons (Fsp3) is 0.455. The number of rotatable bonds is 16. The van der Waals surface area contributed by atoms with Crippen molar-refractivity contribution < 1.29 is 38.2 Å². The van der Waals surface area contributed by atoms with Gasteiger partial charge in [0, 0.05) is 56.8 Å². The van der Waals surface area contributed by atoms with Gasteiger partial charge < -0.3 is 25.0 Å². The number of ether oxygens (including phenoxy) is 2. The molecule has 1 aliphatic carbocycles. The number of benzene rings is 1. The molecule has 0 spiro atoms. The number of hydrogen-bond donors (Lipinski definition) is 3. The maximum Gasteiger partial charge on any atom is 0.264 e. The molecule has 0 bridgehead atoms. The van der Waals surface area contributed by atoms with Crippen molar-refractivity contribution in [3.8, 4) is 0 Å². The average Bonchev–Trinajstić information content (AvgIpc) is 3.88. The van der Waals surface area contributed by atoms with Crippen molar-refractivity contribution in [2.75, 3.05) is 74.7 Å². The first-order valence-electron chi connectivity index (χ1n) is 21.4. The first kappa shape index (κ1) is 43.2. The van der Waals surface area contributed by atoms with E-state index in [4.69, 9.17) is 14.5 Å². The Morgan fingerprint density at radius 2 is 1.63 bits per heavy atom. The van der Waals surface area contributed by atoms with Crippen LogP contribution in [-0.4, -0.2) is 130 Å². The minimum atomic E-state index is -1.10. The number of carbonyl (C=O) groups is 6. The molecule has 3 N–H and O–H groups in total. The predicted octanol–water partition coefficient (Wildman–Crippen LogP) is 3.14. The quantitative estimate of drug-likeness (QED) is 0.0836. The molecule has 63 heavy (non-hydrogen) atoms. The highest BCUT2D eigenvalue weighted by Crippen LogP contribution is 2.34. The minimum Gasteiger partial charge on any atom is -0.379 e. The van der Waals surface area contributed by atoms with Crippen molar-refractivity contribution in [2.24, 2.45) is 0 Å². The summed E-state index contributed by atoms with van der Waals surface area (Å²) in [6.45, 7) is 8.62. The lowest BCUT2D eigenvalue weighted by Crippen LogP contribution is -2.54. The number of carbonyl (C=O) groups excluding carboxylic acids is 6. The van der Waals surface area contributed by atoms with Crippen molar-refractivity contribution in [2.45, 2.75) is 70.9 Å². The number of aromatic nitrogens is 4. The molecule has 8 rings (SSSR count). The number of pyridine rings is 2. The molecule has 1 atom stereocenters. The van der Waals surface area contributed by atoms with Crippen LogP contribution in [0.1, 0.15) is 94.5 Å². The Morgan fingerprint density at radius 1 is 0.873 bits per heavy atom. The van der Waals surface area contributed by atoms with Crippen molar-refractivity contribution in [3.63, 3.8) is 0 Å². The lowest BCUT2D eigenvalue weighted by molar-refractivity contribution is -0.136. The van der Waals surface area contributed by atoms with Gasteiger partial charge in [0.15, 0.2) is 5.78 Å². The molecule has 3 aromatic heterocycles. The molecule has 1 aromatic carbocycles. The second kappa shape index (κ2) is 18.9. The Morgan fingerprint density at radius 3 is 2.35 bits per heavy atom. The van der Waals surface area contributed by atoms with E-state index in [1.807, 2.05) is 18.3 Å². The summed E-state index contributed by atoms with van der Waals surface area (Å²) in [5, 5.41) is 8.73. The highest BCUT2D eigenvalue weighted by atomic mass is 16.5. The van der Waals surface area contributed by atoms with Crippen LogP contribution in [0.4, 0.5) is 23.1 Å². The van der Waals surface area contributed by atoms with Crippen LogP contribution in [0.3, 0.4) is 0 Å². The summed E-state index contributed by atoms with van der Waals surface area (Å²) in [7, 11) is 0. The van der Waals surface area contributed by atoms with Gasteiger partial charge in [-0.1, -0.05) is 18.9 Å². The van der Waals surface area contributed by atoms with E-state index < -0.39 is 35.6 Å². The fourth-order valence-corrected chi connectivity index (χ4v) is 8.81.